The second kappa shape index (κ2) is 16.7. The summed E-state index contributed by atoms with van der Waals surface area (Å²) < 4.78 is 53.2. The lowest BCUT2D eigenvalue weighted by Gasteiger charge is -2.43. The number of benzene rings is 2. The molecule has 2 aliphatic heterocycles. The van der Waals surface area contributed by atoms with Crippen molar-refractivity contribution in [3.63, 3.8) is 0 Å². The number of nitrogens with one attached hydrogen (secondary N) is 1. The molecule has 3 aliphatic rings. The fourth-order valence-corrected chi connectivity index (χ4v) is 8.90. The van der Waals surface area contributed by atoms with Crippen molar-refractivity contribution in [2.24, 2.45) is 17.8 Å². The van der Waals surface area contributed by atoms with Crippen LogP contribution in [0.4, 0.5) is 5.69 Å². The first-order valence-corrected chi connectivity index (χ1v) is 18.7. The second-order valence-corrected chi connectivity index (χ2v) is 15.4. The van der Waals surface area contributed by atoms with Gasteiger partial charge in [-0.25, -0.2) is 13.1 Å². The molecule has 258 valence electrons. The number of carbonyl (C=O) groups is 1. The number of hydrogen-bond donors (Lipinski definition) is 1. The van der Waals surface area contributed by atoms with Gasteiger partial charge >= 0.3 is 0 Å². The average Bonchev–Trinajstić information content (AvgIpc) is 3.06. The fourth-order valence-electron chi connectivity index (χ4n) is 7.04. The Hall–Kier alpha value is -2.63. The third-order valence-corrected chi connectivity index (χ3v) is 12.1. The van der Waals surface area contributed by atoms with Crippen LogP contribution >= 0.6 is 11.6 Å². The molecule has 2 heterocycles. The Balaban J connectivity index is 1.50. The Bertz CT molecular complexity index is 1500. The quantitative estimate of drug-likeness (QED) is 0.272. The number of fused-ring (bicyclic) bond motifs is 3. The summed E-state index contributed by atoms with van der Waals surface area (Å²) in [7, 11) is -0.710. The molecule has 2 aromatic rings. The van der Waals surface area contributed by atoms with Gasteiger partial charge in [-0.3, -0.25) is 4.79 Å². The zero-order valence-electron chi connectivity index (χ0n) is 27.8. The molecule has 2 aromatic carbocycles. The van der Waals surface area contributed by atoms with Crippen molar-refractivity contribution in [3.05, 3.63) is 70.3 Å². The van der Waals surface area contributed by atoms with Crippen molar-refractivity contribution in [1.29, 1.82) is 0 Å². The van der Waals surface area contributed by atoms with Gasteiger partial charge < -0.3 is 23.8 Å². The van der Waals surface area contributed by atoms with Gasteiger partial charge in [-0.2, -0.15) is 0 Å². The molecule has 0 aromatic heterocycles. The summed E-state index contributed by atoms with van der Waals surface area (Å²) in [5.74, 6) is 0.488. The molecular weight excluding hydrogens is 640 g/mol. The lowest BCUT2D eigenvalue weighted by Crippen LogP contribution is -2.44. The second-order valence-electron chi connectivity index (χ2n) is 13.0. The minimum Gasteiger partial charge on any atom is -0.487 e. The zero-order valence-corrected chi connectivity index (χ0v) is 29.4. The molecule has 0 saturated heterocycles. The Kier molecular flexibility index (Phi) is 12.6. The van der Waals surface area contributed by atoms with Crippen LogP contribution in [0.15, 0.2) is 48.6 Å². The number of halogens is 1. The third-order valence-electron chi connectivity index (χ3n) is 9.94. The predicted octanol–water partition coefficient (Wildman–Crippen LogP) is 6.18. The number of aryl methyl sites for hydroxylation is 1. The highest BCUT2D eigenvalue weighted by molar-refractivity contribution is 7.90. The number of sulfonamides is 1. The zero-order chi connectivity index (χ0) is 33.4. The van der Waals surface area contributed by atoms with Crippen LogP contribution in [0.1, 0.15) is 66.9 Å². The summed E-state index contributed by atoms with van der Waals surface area (Å²) in [6.45, 7) is 4.87. The van der Waals surface area contributed by atoms with E-state index in [4.69, 9.17) is 30.5 Å². The van der Waals surface area contributed by atoms with Gasteiger partial charge in [0.15, 0.2) is 0 Å². The van der Waals surface area contributed by atoms with Crippen molar-refractivity contribution in [2.45, 2.75) is 69.8 Å². The van der Waals surface area contributed by atoms with Crippen LogP contribution in [0.2, 0.25) is 5.02 Å². The molecule has 9 nitrogen and oxygen atoms in total. The minimum absolute atomic E-state index is 0.0637. The first-order chi connectivity index (χ1) is 22.7. The summed E-state index contributed by atoms with van der Waals surface area (Å²) in [6, 6.07) is 11.2. The SMILES string of the molecule is COCCOCC[C@@H]1[C@H](C)C/C=C/[C@H](OC)[C@@H]2CC[C@H]2CN2CCCCc3cc(Cl)ccc3COc3ccc(cc32)C(=O)NS1(=O)=O. The number of nitrogens with zero attached hydrogens (tertiary/aromatic N) is 1. The van der Waals surface area contributed by atoms with Crippen LogP contribution in [0, 0.1) is 17.8 Å². The molecule has 5 atom stereocenters. The summed E-state index contributed by atoms with van der Waals surface area (Å²) >= 11 is 6.35. The highest BCUT2D eigenvalue weighted by Crippen LogP contribution is 2.41. The molecule has 1 N–H and O–H groups in total. The van der Waals surface area contributed by atoms with Gasteiger partial charge in [0.25, 0.3) is 5.91 Å². The molecule has 0 unspecified atom stereocenters. The van der Waals surface area contributed by atoms with Crippen molar-refractivity contribution >= 4 is 33.2 Å². The van der Waals surface area contributed by atoms with E-state index in [1.807, 2.05) is 31.2 Å². The molecule has 47 heavy (non-hydrogen) atoms. The van der Waals surface area contributed by atoms with E-state index >= 15 is 0 Å². The van der Waals surface area contributed by atoms with Crippen molar-refractivity contribution < 1.29 is 32.2 Å². The van der Waals surface area contributed by atoms with E-state index < -0.39 is 21.2 Å². The van der Waals surface area contributed by atoms with Gasteiger partial charge in [0, 0.05) is 44.5 Å². The van der Waals surface area contributed by atoms with Crippen LogP contribution in [0.3, 0.4) is 0 Å². The number of hydrogen-bond acceptors (Lipinski definition) is 8. The number of anilines is 1. The first-order valence-electron chi connectivity index (χ1n) is 16.8. The van der Waals surface area contributed by atoms with Crippen molar-refractivity contribution in [1.82, 2.24) is 4.72 Å². The number of rotatable bonds is 7. The number of amides is 1. The highest BCUT2D eigenvalue weighted by Gasteiger charge is 2.38. The maximum absolute atomic E-state index is 13.8. The molecule has 1 aliphatic carbocycles. The van der Waals surface area contributed by atoms with Crippen LogP contribution in [0.25, 0.3) is 0 Å². The number of ether oxygens (including phenoxy) is 4. The molecule has 1 fully saturated rings. The van der Waals surface area contributed by atoms with Crippen LogP contribution in [0.5, 0.6) is 5.75 Å². The number of carbonyl (C=O) groups excluding carboxylic acids is 1. The molecule has 2 bridgehead atoms. The Labute approximate surface area is 285 Å². The number of methoxy groups -OCH3 is 2. The Morgan fingerprint density at radius 2 is 1.89 bits per heavy atom. The summed E-state index contributed by atoms with van der Waals surface area (Å²) in [5, 5.41) is -0.124. The van der Waals surface area contributed by atoms with Crippen LogP contribution < -0.4 is 14.4 Å². The normalized spacial score (nSPS) is 27.2. The third kappa shape index (κ3) is 9.09. The maximum atomic E-state index is 13.8. The molecule has 0 radical (unpaired) electrons. The highest BCUT2D eigenvalue weighted by atomic mass is 35.5. The Morgan fingerprint density at radius 3 is 2.66 bits per heavy atom. The minimum atomic E-state index is -4.05. The first kappa shape index (κ1) is 35.7. The topological polar surface area (TPSA) is 103 Å². The monoisotopic (exact) mass is 688 g/mol. The van der Waals surface area contributed by atoms with Gasteiger partial charge in [-0.05, 0) is 104 Å². The van der Waals surface area contributed by atoms with E-state index in [0.717, 1.165) is 56.4 Å². The van der Waals surface area contributed by atoms with Gasteiger partial charge in [-0.1, -0.05) is 36.7 Å². The average molecular weight is 689 g/mol. The molecule has 1 amide bonds. The molecular formula is C36H49ClN2O7S. The smallest absolute Gasteiger partial charge is 0.264 e. The van der Waals surface area contributed by atoms with Crippen LogP contribution in [-0.4, -0.2) is 72.8 Å². The van der Waals surface area contributed by atoms with Gasteiger partial charge in [0.05, 0.1) is 30.3 Å². The summed E-state index contributed by atoms with van der Waals surface area (Å²) in [4.78, 5) is 16.0. The summed E-state index contributed by atoms with van der Waals surface area (Å²) in [5.41, 5.74) is 3.33. The molecule has 11 heteroatoms. The molecule has 5 rings (SSSR count). The molecule has 0 spiro atoms. The maximum Gasteiger partial charge on any atom is 0.264 e. The van der Waals surface area contributed by atoms with Crippen LogP contribution in [-0.2, 0) is 37.3 Å². The Morgan fingerprint density at radius 1 is 1.04 bits per heavy atom. The van der Waals surface area contributed by atoms with E-state index in [0.29, 0.717) is 48.8 Å². The van der Waals surface area contributed by atoms with Gasteiger partial charge in [-0.15, -0.1) is 0 Å². The lowest BCUT2D eigenvalue weighted by atomic mass is 9.70. The van der Waals surface area contributed by atoms with Crippen molar-refractivity contribution in [2.75, 3.05) is 52.0 Å². The van der Waals surface area contributed by atoms with E-state index in [1.165, 1.54) is 5.56 Å². The largest absolute Gasteiger partial charge is 0.487 e. The van der Waals surface area contributed by atoms with Gasteiger partial charge in [0.1, 0.15) is 12.4 Å². The van der Waals surface area contributed by atoms with Crippen molar-refractivity contribution in [3.8, 4) is 5.75 Å². The van der Waals surface area contributed by atoms with Gasteiger partial charge in [0.2, 0.25) is 10.0 Å². The standard InChI is InChI=1S/C36H49ClN2O7S/c1-25-7-6-9-33(44-3)31-14-11-28(31)23-39-17-5-4-8-26-21-30(37)13-10-29(26)24-46-34-15-12-27(22-32(34)39)36(40)38-47(41,42)35(25)16-18-45-20-19-43-2/h6,9-10,12-13,15,21-22,25,28,31,33,35H,4-5,7-8,11,14,16-20,23-24H2,1-3H3,(H,38,40)/b9-6+/t25-,28+,31-,33+,35-/m1/s1. The van der Waals surface area contributed by atoms with E-state index in [-0.39, 0.29) is 30.6 Å². The summed E-state index contributed by atoms with van der Waals surface area (Å²) in [6.07, 6.45) is 9.83. The fraction of sp³-hybridized carbons (Fsp3) is 0.583. The molecule has 1 saturated carbocycles. The number of allylic oxidation sites excluding steroid dienone is 1. The van der Waals surface area contributed by atoms with E-state index in [9.17, 15) is 13.2 Å². The predicted molar refractivity (Wildman–Crippen MR) is 185 cm³/mol. The van der Waals surface area contributed by atoms with E-state index in [1.54, 1.807) is 32.4 Å². The lowest BCUT2D eigenvalue weighted by molar-refractivity contribution is 0.0134. The van der Waals surface area contributed by atoms with E-state index in [2.05, 4.69) is 15.7 Å².